The van der Waals surface area contributed by atoms with E-state index in [-0.39, 0.29) is 0 Å². The summed E-state index contributed by atoms with van der Waals surface area (Å²) in [6.07, 6.45) is 27.7. The number of hydrogen-bond donors (Lipinski definition) is 0. The van der Waals surface area contributed by atoms with Gasteiger partial charge in [-0.3, -0.25) is 0 Å². The molecule has 0 saturated heterocycles. The van der Waals surface area contributed by atoms with Gasteiger partial charge >= 0.3 is 0 Å². The molecule has 0 nitrogen and oxygen atoms in total. The molecular weight excluding hydrogens is 360 g/mol. The molecule has 176 valence electrons. The highest BCUT2D eigenvalue weighted by Crippen LogP contribution is 2.20. The lowest BCUT2D eigenvalue weighted by Gasteiger charge is -2.12. The van der Waals surface area contributed by atoms with Crippen molar-refractivity contribution >= 4 is 0 Å². The molecule has 0 bridgehead atoms. The van der Waals surface area contributed by atoms with Gasteiger partial charge in [0.05, 0.1) is 0 Å². The van der Waals surface area contributed by atoms with Crippen molar-refractivity contribution in [1.29, 1.82) is 0 Å². The molecule has 0 aromatic rings. The largest absolute Gasteiger partial charge is 0.103 e. The second kappa shape index (κ2) is 23.2. The number of hydrogen-bond acceptors (Lipinski definition) is 0. The molecule has 0 aliphatic rings. The summed E-state index contributed by atoms with van der Waals surface area (Å²) in [5, 5.41) is 0. The molecule has 0 N–H and O–H groups in total. The molecule has 0 aliphatic carbocycles. The summed E-state index contributed by atoms with van der Waals surface area (Å²) in [5.41, 5.74) is 0. The van der Waals surface area contributed by atoms with Crippen LogP contribution in [0.15, 0.2) is 0 Å². The Morgan fingerprint density at radius 2 is 0.833 bits per heavy atom. The van der Waals surface area contributed by atoms with E-state index in [0.29, 0.717) is 0 Å². The van der Waals surface area contributed by atoms with Crippen molar-refractivity contribution in [2.45, 2.75) is 149 Å². The topological polar surface area (TPSA) is 0 Å². The zero-order valence-electron chi connectivity index (χ0n) is 21.3. The van der Waals surface area contributed by atoms with Gasteiger partial charge in [-0.15, -0.1) is 11.8 Å². The molecule has 0 heterocycles. The first kappa shape index (κ1) is 29.6. The van der Waals surface area contributed by atoms with Crippen molar-refractivity contribution in [2.75, 3.05) is 0 Å². The van der Waals surface area contributed by atoms with E-state index in [4.69, 9.17) is 0 Å². The number of rotatable bonds is 22. The van der Waals surface area contributed by atoms with Gasteiger partial charge in [0, 0.05) is 13.3 Å². The summed E-state index contributed by atoms with van der Waals surface area (Å²) in [5.74, 6) is 8.53. The van der Waals surface area contributed by atoms with Crippen LogP contribution in [0.2, 0.25) is 0 Å². The Bertz CT molecular complexity index is 385. The standard InChI is InChI=1S/C30H56/c1-6-8-9-17-24-29(4)25-19-13-10-11-14-20-26-30(5)27-21-16-12-15-18-23-28(3)22-7-2/h28-30H,1-2,7,9-27H2,3-5H3. The number of unbranched alkanes of at least 4 members (excludes halogenated alkanes) is 10. The van der Waals surface area contributed by atoms with Crippen LogP contribution < -0.4 is 0 Å². The van der Waals surface area contributed by atoms with Gasteiger partial charge in [-0.05, 0) is 30.6 Å². The van der Waals surface area contributed by atoms with E-state index in [9.17, 15) is 0 Å². The second-order valence-corrected chi connectivity index (χ2v) is 10.2. The van der Waals surface area contributed by atoms with E-state index in [1.165, 1.54) is 116 Å². The third-order valence-corrected chi connectivity index (χ3v) is 6.86. The first-order valence-electron chi connectivity index (χ1n) is 13.6. The highest BCUT2D eigenvalue weighted by Gasteiger charge is 2.04. The summed E-state index contributed by atoms with van der Waals surface area (Å²) in [6, 6.07) is 0. The molecule has 0 aromatic heterocycles. The van der Waals surface area contributed by atoms with E-state index in [0.717, 1.165) is 30.6 Å². The Morgan fingerprint density at radius 1 is 0.500 bits per heavy atom. The molecule has 3 atom stereocenters. The third-order valence-electron chi connectivity index (χ3n) is 6.86. The lowest BCUT2D eigenvalue weighted by Crippen LogP contribution is -1.96. The smallest absolute Gasteiger partial charge is 0.0198 e. The Labute approximate surface area is 192 Å². The lowest BCUT2D eigenvalue weighted by molar-refractivity contribution is 0.419. The van der Waals surface area contributed by atoms with Crippen molar-refractivity contribution in [3.8, 4) is 11.8 Å². The Hall–Kier alpha value is -0.440. The van der Waals surface area contributed by atoms with Gasteiger partial charge < -0.3 is 0 Å². The van der Waals surface area contributed by atoms with Crippen LogP contribution in [-0.4, -0.2) is 0 Å². The molecule has 0 rings (SSSR count). The van der Waals surface area contributed by atoms with Gasteiger partial charge in [-0.25, -0.2) is 0 Å². The average molecular weight is 417 g/mol. The Kier molecular flexibility index (Phi) is 22.9. The van der Waals surface area contributed by atoms with Crippen molar-refractivity contribution < 1.29 is 0 Å². The van der Waals surface area contributed by atoms with Crippen molar-refractivity contribution in [3.05, 3.63) is 13.8 Å². The SMILES string of the molecule is [CH2]C#CCCCC(C)CCCCCCCCC(C)CCCCCCCC(C)CC[CH2]. The third kappa shape index (κ3) is 22.2. The van der Waals surface area contributed by atoms with Gasteiger partial charge in [0.25, 0.3) is 0 Å². The highest BCUT2D eigenvalue weighted by atomic mass is 14.1. The monoisotopic (exact) mass is 416 g/mol. The van der Waals surface area contributed by atoms with Crippen molar-refractivity contribution in [2.24, 2.45) is 17.8 Å². The summed E-state index contributed by atoms with van der Waals surface area (Å²) >= 11 is 0. The molecular formula is C30H56. The predicted molar refractivity (Wildman–Crippen MR) is 138 cm³/mol. The van der Waals surface area contributed by atoms with E-state index in [2.05, 4.69) is 46.5 Å². The van der Waals surface area contributed by atoms with E-state index < -0.39 is 0 Å². The van der Waals surface area contributed by atoms with Crippen LogP contribution in [0.25, 0.3) is 0 Å². The quantitative estimate of drug-likeness (QED) is 0.122. The zero-order valence-corrected chi connectivity index (χ0v) is 21.3. The van der Waals surface area contributed by atoms with E-state index in [1.54, 1.807) is 0 Å². The molecule has 2 radical (unpaired) electrons. The fourth-order valence-corrected chi connectivity index (χ4v) is 4.62. The predicted octanol–water partition coefficient (Wildman–Crippen LogP) is 10.4. The van der Waals surface area contributed by atoms with Crippen LogP contribution in [0.1, 0.15) is 149 Å². The molecule has 0 fully saturated rings. The maximum Gasteiger partial charge on any atom is 0.0198 e. The van der Waals surface area contributed by atoms with Gasteiger partial charge in [0.15, 0.2) is 0 Å². The lowest BCUT2D eigenvalue weighted by atomic mass is 9.94. The van der Waals surface area contributed by atoms with Crippen LogP contribution in [0, 0.1) is 43.4 Å². The molecule has 3 unspecified atom stereocenters. The first-order valence-corrected chi connectivity index (χ1v) is 13.6. The van der Waals surface area contributed by atoms with Crippen LogP contribution in [0.4, 0.5) is 0 Å². The maximum absolute atomic E-state index is 3.97. The molecule has 0 aromatic carbocycles. The summed E-state index contributed by atoms with van der Waals surface area (Å²) < 4.78 is 0. The summed E-state index contributed by atoms with van der Waals surface area (Å²) in [7, 11) is 0. The fraction of sp³-hybridized carbons (Fsp3) is 0.867. The van der Waals surface area contributed by atoms with Crippen LogP contribution >= 0.6 is 0 Å². The minimum absolute atomic E-state index is 0.875. The van der Waals surface area contributed by atoms with Gasteiger partial charge in [0.1, 0.15) is 0 Å². The minimum atomic E-state index is 0.875. The average Bonchev–Trinajstić information content (AvgIpc) is 2.72. The molecule has 30 heavy (non-hydrogen) atoms. The minimum Gasteiger partial charge on any atom is -0.103 e. The van der Waals surface area contributed by atoms with Crippen molar-refractivity contribution in [1.82, 2.24) is 0 Å². The molecule has 0 aliphatic heterocycles. The highest BCUT2D eigenvalue weighted by molar-refractivity contribution is 5.00. The normalized spacial score (nSPS) is 14.2. The molecule has 0 heteroatoms. The molecule has 0 saturated carbocycles. The van der Waals surface area contributed by atoms with Crippen LogP contribution in [0.3, 0.4) is 0 Å². The second-order valence-electron chi connectivity index (χ2n) is 10.2. The van der Waals surface area contributed by atoms with E-state index >= 15 is 0 Å². The van der Waals surface area contributed by atoms with Crippen LogP contribution in [0.5, 0.6) is 0 Å². The van der Waals surface area contributed by atoms with Gasteiger partial charge in [-0.1, -0.05) is 137 Å². The summed E-state index contributed by atoms with van der Waals surface area (Å²) in [6.45, 7) is 14.8. The van der Waals surface area contributed by atoms with E-state index in [1.807, 2.05) is 0 Å². The van der Waals surface area contributed by atoms with Crippen LogP contribution in [-0.2, 0) is 0 Å². The molecule has 0 spiro atoms. The summed E-state index contributed by atoms with van der Waals surface area (Å²) in [4.78, 5) is 0. The molecule has 0 amide bonds. The maximum atomic E-state index is 3.97. The van der Waals surface area contributed by atoms with Crippen molar-refractivity contribution in [3.63, 3.8) is 0 Å². The Balaban J connectivity index is 3.30. The van der Waals surface area contributed by atoms with Gasteiger partial charge in [-0.2, -0.15) is 0 Å². The zero-order chi connectivity index (χ0) is 22.3. The van der Waals surface area contributed by atoms with Gasteiger partial charge in [0.2, 0.25) is 0 Å². The fourth-order valence-electron chi connectivity index (χ4n) is 4.62. The first-order chi connectivity index (χ1) is 14.6. The Morgan fingerprint density at radius 3 is 1.20 bits per heavy atom.